The molecule has 3 heteroatoms. The van der Waals surface area contributed by atoms with E-state index in [9.17, 15) is 4.79 Å². The third-order valence-electron chi connectivity index (χ3n) is 2.22. The molecule has 0 aliphatic carbocycles. The maximum atomic E-state index is 10.5. The van der Waals surface area contributed by atoms with Gasteiger partial charge in [0.2, 0.25) is 0 Å². The first kappa shape index (κ1) is 10.8. The number of carbonyl (C=O) groups is 1. The van der Waals surface area contributed by atoms with Crippen LogP contribution >= 0.6 is 11.6 Å². The van der Waals surface area contributed by atoms with Crippen LogP contribution in [0, 0.1) is 11.8 Å². The number of aliphatic carboxylic acids is 1. The maximum Gasteiger partial charge on any atom is 0.306 e. The van der Waals surface area contributed by atoms with Gasteiger partial charge in [-0.05, 0) is 19.8 Å². The Balaban J connectivity index is 4.25. The van der Waals surface area contributed by atoms with E-state index in [-0.39, 0.29) is 11.8 Å². The molecular weight excluding hydrogens is 164 g/mol. The molecule has 0 amide bonds. The zero-order valence-corrected chi connectivity index (χ0v) is 8.14. The molecule has 2 atom stereocenters. The van der Waals surface area contributed by atoms with E-state index in [1.165, 1.54) is 0 Å². The van der Waals surface area contributed by atoms with Crippen molar-refractivity contribution in [2.24, 2.45) is 11.8 Å². The zero-order valence-electron chi connectivity index (χ0n) is 7.39. The van der Waals surface area contributed by atoms with E-state index in [0.29, 0.717) is 0 Å². The largest absolute Gasteiger partial charge is 0.481 e. The smallest absolute Gasteiger partial charge is 0.306 e. The minimum atomic E-state index is -0.786. The number of rotatable bonds is 3. The SMILES string of the molecule is CC(C(=O)O)C(C)C(C)(C)Cl. The molecule has 0 fully saturated rings. The molecule has 0 aliphatic rings. The van der Waals surface area contributed by atoms with Gasteiger partial charge in [0.05, 0.1) is 5.92 Å². The van der Waals surface area contributed by atoms with Crippen molar-refractivity contribution in [3.8, 4) is 0 Å². The fraction of sp³-hybridized carbons (Fsp3) is 0.875. The monoisotopic (exact) mass is 178 g/mol. The van der Waals surface area contributed by atoms with Gasteiger partial charge in [0.25, 0.3) is 0 Å². The Morgan fingerprint density at radius 1 is 1.45 bits per heavy atom. The predicted octanol–water partition coefficient (Wildman–Crippen LogP) is 2.36. The van der Waals surface area contributed by atoms with E-state index in [2.05, 4.69) is 0 Å². The summed E-state index contributed by atoms with van der Waals surface area (Å²) >= 11 is 5.96. The van der Waals surface area contributed by atoms with Gasteiger partial charge in [-0.2, -0.15) is 0 Å². The average Bonchev–Trinajstić information content (AvgIpc) is 1.82. The quantitative estimate of drug-likeness (QED) is 0.674. The summed E-state index contributed by atoms with van der Waals surface area (Å²) in [6.07, 6.45) is 0. The Hall–Kier alpha value is -0.240. The van der Waals surface area contributed by atoms with Gasteiger partial charge in [0.15, 0.2) is 0 Å². The molecule has 2 nitrogen and oxygen atoms in total. The summed E-state index contributed by atoms with van der Waals surface area (Å²) in [5, 5.41) is 8.66. The Labute approximate surface area is 72.6 Å². The lowest BCUT2D eigenvalue weighted by Crippen LogP contribution is -2.31. The fourth-order valence-electron chi connectivity index (χ4n) is 0.808. The van der Waals surface area contributed by atoms with Gasteiger partial charge in [0.1, 0.15) is 0 Å². The van der Waals surface area contributed by atoms with E-state index in [1.54, 1.807) is 6.92 Å². The fourth-order valence-corrected chi connectivity index (χ4v) is 0.997. The highest BCUT2D eigenvalue weighted by Crippen LogP contribution is 2.30. The first-order valence-electron chi connectivity index (χ1n) is 3.68. The van der Waals surface area contributed by atoms with Crippen LogP contribution in [0.2, 0.25) is 0 Å². The van der Waals surface area contributed by atoms with Gasteiger partial charge in [-0.1, -0.05) is 13.8 Å². The second-order valence-electron chi connectivity index (χ2n) is 3.48. The zero-order chi connectivity index (χ0) is 9.23. The van der Waals surface area contributed by atoms with Gasteiger partial charge in [-0.3, -0.25) is 4.79 Å². The van der Waals surface area contributed by atoms with Crippen molar-refractivity contribution < 1.29 is 9.90 Å². The maximum absolute atomic E-state index is 10.5. The van der Waals surface area contributed by atoms with E-state index < -0.39 is 10.8 Å². The Bertz CT molecular complexity index is 149. The summed E-state index contributed by atoms with van der Waals surface area (Å²) in [5.74, 6) is -1.20. The van der Waals surface area contributed by atoms with Crippen molar-refractivity contribution in [1.29, 1.82) is 0 Å². The lowest BCUT2D eigenvalue weighted by Gasteiger charge is -2.27. The summed E-state index contributed by atoms with van der Waals surface area (Å²) in [6.45, 7) is 7.19. The van der Waals surface area contributed by atoms with E-state index in [0.717, 1.165) is 0 Å². The molecular formula is C8H15ClO2. The molecule has 0 aliphatic heterocycles. The number of carboxylic acids is 1. The van der Waals surface area contributed by atoms with Crippen LogP contribution in [0.1, 0.15) is 27.7 Å². The molecule has 66 valence electrons. The minimum absolute atomic E-state index is 0.0262. The van der Waals surface area contributed by atoms with Crippen molar-refractivity contribution in [3.63, 3.8) is 0 Å². The van der Waals surface area contributed by atoms with Crippen molar-refractivity contribution in [1.82, 2.24) is 0 Å². The van der Waals surface area contributed by atoms with E-state index >= 15 is 0 Å². The highest BCUT2D eigenvalue weighted by molar-refractivity contribution is 6.23. The summed E-state index contributed by atoms with van der Waals surface area (Å²) in [7, 11) is 0. The molecule has 0 heterocycles. The molecule has 0 radical (unpaired) electrons. The molecule has 0 spiro atoms. The van der Waals surface area contributed by atoms with Crippen LogP contribution in [0.3, 0.4) is 0 Å². The average molecular weight is 179 g/mol. The van der Waals surface area contributed by atoms with Crippen LogP contribution in [0.5, 0.6) is 0 Å². The Morgan fingerprint density at radius 2 is 1.82 bits per heavy atom. The molecule has 0 aromatic rings. The molecule has 0 saturated heterocycles. The first-order valence-corrected chi connectivity index (χ1v) is 4.06. The first-order chi connectivity index (χ1) is 4.76. The molecule has 0 bridgehead atoms. The number of alkyl halides is 1. The second-order valence-corrected chi connectivity index (χ2v) is 4.45. The topological polar surface area (TPSA) is 37.3 Å². The van der Waals surface area contributed by atoms with Crippen LogP contribution < -0.4 is 0 Å². The van der Waals surface area contributed by atoms with E-state index in [4.69, 9.17) is 16.7 Å². The molecule has 0 saturated carbocycles. The standard InChI is InChI=1S/C8H15ClO2/c1-5(7(10)11)6(2)8(3,4)9/h5-6H,1-4H3,(H,10,11). The van der Waals surface area contributed by atoms with Gasteiger partial charge >= 0.3 is 5.97 Å². The van der Waals surface area contributed by atoms with Gasteiger partial charge in [-0.15, -0.1) is 11.6 Å². The lowest BCUT2D eigenvalue weighted by atomic mass is 9.86. The van der Waals surface area contributed by atoms with E-state index in [1.807, 2.05) is 20.8 Å². The lowest BCUT2D eigenvalue weighted by molar-refractivity contribution is -0.143. The van der Waals surface area contributed by atoms with Crippen molar-refractivity contribution >= 4 is 17.6 Å². The molecule has 0 aromatic heterocycles. The third-order valence-corrected chi connectivity index (χ3v) is 2.57. The molecule has 0 aromatic carbocycles. The van der Waals surface area contributed by atoms with Gasteiger partial charge in [0, 0.05) is 4.87 Å². The molecule has 11 heavy (non-hydrogen) atoms. The highest BCUT2D eigenvalue weighted by Gasteiger charge is 2.31. The van der Waals surface area contributed by atoms with Crippen LogP contribution in [0.25, 0.3) is 0 Å². The molecule has 0 rings (SSSR count). The van der Waals surface area contributed by atoms with Crippen LogP contribution in [0.15, 0.2) is 0 Å². The number of halogens is 1. The minimum Gasteiger partial charge on any atom is -0.481 e. The van der Waals surface area contributed by atoms with Gasteiger partial charge in [-0.25, -0.2) is 0 Å². The summed E-state index contributed by atoms with van der Waals surface area (Å²) in [5.41, 5.74) is 0. The van der Waals surface area contributed by atoms with Crippen molar-refractivity contribution in [2.75, 3.05) is 0 Å². The number of hydrogen-bond donors (Lipinski definition) is 1. The molecule has 2 unspecified atom stereocenters. The number of hydrogen-bond acceptors (Lipinski definition) is 1. The number of carboxylic acid groups (broad SMARTS) is 1. The van der Waals surface area contributed by atoms with Crippen LogP contribution in [0.4, 0.5) is 0 Å². The Kier molecular flexibility index (Phi) is 3.36. The summed E-state index contributed by atoms with van der Waals surface area (Å²) < 4.78 is 0. The second kappa shape index (κ2) is 3.44. The Morgan fingerprint density at radius 3 is 1.91 bits per heavy atom. The summed E-state index contributed by atoms with van der Waals surface area (Å²) in [4.78, 5) is 10.1. The molecule has 1 N–H and O–H groups in total. The summed E-state index contributed by atoms with van der Waals surface area (Å²) in [6, 6.07) is 0. The van der Waals surface area contributed by atoms with Gasteiger partial charge < -0.3 is 5.11 Å². The van der Waals surface area contributed by atoms with Crippen LogP contribution in [-0.2, 0) is 4.79 Å². The third kappa shape index (κ3) is 3.10. The van der Waals surface area contributed by atoms with Crippen molar-refractivity contribution in [3.05, 3.63) is 0 Å². The highest BCUT2D eigenvalue weighted by atomic mass is 35.5. The normalized spacial score (nSPS) is 17.5. The predicted molar refractivity (Wildman–Crippen MR) is 45.9 cm³/mol. The van der Waals surface area contributed by atoms with Crippen LogP contribution in [-0.4, -0.2) is 16.0 Å². The van der Waals surface area contributed by atoms with Crippen molar-refractivity contribution in [2.45, 2.75) is 32.6 Å².